The summed E-state index contributed by atoms with van der Waals surface area (Å²) in [5, 5.41) is 4.96. The van der Waals surface area contributed by atoms with Crippen LogP contribution < -0.4 is 16.6 Å². The first-order valence-corrected chi connectivity index (χ1v) is 7.30. The zero-order valence-corrected chi connectivity index (χ0v) is 12.4. The molecule has 0 aliphatic rings. The van der Waals surface area contributed by atoms with Crippen LogP contribution in [0.4, 0.5) is 5.13 Å². The highest BCUT2D eigenvalue weighted by molar-refractivity contribution is 7.13. The largest absolute Gasteiger partial charge is 0.336 e. The molecule has 9 nitrogen and oxygen atoms in total. The van der Waals surface area contributed by atoms with Crippen LogP contribution in [0.2, 0.25) is 0 Å². The number of rotatable bonds is 4. The maximum absolute atomic E-state index is 11.8. The Labute approximate surface area is 127 Å². The summed E-state index contributed by atoms with van der Waals surface area (Å²) in [6, 6.07) is 0. The van der Waals surface area contributed by atoms with E-state index in [1.54, 1.807) is 11.6 Å². The molecule has 0 aromatic carbocycles. The predicted octanol–water partition coefficient (Wildman–Crippen LogP) is -0.0223. The topological polar surface area (TPSA) is 126 Å². The standard InChI is InChI=1S/C12H12N6O3S/c1-18-9-8(10(20)17-12(18)21)14-6(15-9)2-3-7(19)16-11-13-4-5-22-11/h4-5H,2-3H2,1H3,(H,14,15)(H,13,16,19)(H,17,20,21). The van der Waals surface area contributed by atoms with Crippen LogP contribution in [0.1, 0.15) is 12.2 Å². The molecule has 3 N–H and O–H groups in total. The van der Waals surface area contributed by atoms with Gasteiger partial charge in [0.05, 0.1) is 0 Å². The highest BCUT2D eigenvalue weighted by Crippen LogP contribution is 2.11. The summed E-state index contributed by atoms with van der Waals surface area (Å²) in [7, 11) is 1.51. The Balaban J connectivity index is 1.76. The fourth-order valence-electron chi connectivity index (χ4n) is 1.97. The lowest BCUT2D eigenvalue weighted by Crippen LogP contribution is -2.28. The number of imidazole rings is 1. The van der Waals surface area contributed by atoms with E-state index in [0.29, 0.717) is 17.4 Å². The number of nitrogens with zero attached hydrogens (tertiary/aromatic N) is 3. The van der Waals surface area contributed by atoms with E-state index in [1.807, 2.05) is 0 Å². The van der Waals surface area contributed by atoms with Gasteiger partial charge in [-0.05, 0) is 0 Å². The summed E-state index contributed by atoms with van der Waals surface area (Å²) in [6.07, 6.45) is 2.11. The van der Waals surface area contributed by atoms with Crippen LogP contribution in [0.25, 0.3) is 11.2 Å². The van der Waals surface area contributed by atoms with Crippen LogP contribution in [-0.2, 0) is 18.3 Å². The molecule has 0 bridgehead atoms. The van der Waals surface area contributed by atoms with E-state index in [0.717, 1.165) is 0 Å². The van der Waals surface area contributed by atoms with Crippen molar-refractivity contribution in [1.29, 1.82) is 0 Å². The molecule has 0 radical (unpaired) electrons. The fraction of sp³-hybridized carbons (Fsp3) is 0.250. The lowest BCUT2D eigenvalue weighted by molar-refractivity contribution is -0.116. The van der Waals surface area contributed by atoms with Crippen molar-refractivity contribution in [2.24, 2.45) is 7.05 Å². The number of hydrogen-bond acceptors (Lipinski definition) is 6. The van der Waals surface area contributed by atoms with Gasteiger partial charge in [0, 0.05) is 31.5 Å². The van der Waals surface area contributed by atoms with Crippen molar-refractivity contribution in [3.8, 4) is 0 Å². The minimum Gasteiger partial charge on any atom is -0.336 e. The van der Waals surface area contributed by atoms with Crippen LogP contribution in [0.5, 0.6) is 0 Å². The quantitative estimate of drug-likeness (QED) is 0.623. The Morgan fingerprint density at radius 3 is 2.95 bits per heavy atom. The first-order valence-electron chi connectivity index (χ1n) is 6.42. The lowest BCUT2D eigenvalue weighted by atomic mass is 10.3. The number of fused-ring (bicyclic) bond motifs is 1. The molecule has 0 saturated heterocycles. The molecule has 0 spiro atoms. The Kier molecular flexibility index (Phi) is 3.59. The van der Waals surface area contributed by atoms with E-state index in [1.165, 1.54) is 23.0 Å². The molecule has 0 aliphatic carbocycles. The van der Waals surface area contributed by atoms with E-state index < -0.39 is 11.2 Å². The maximum atomic E-state index is 11.8. The Morgan fingerprint density at radius 1 is 1.41 bits per heavy atom. The summed E-state index contributed by atoms with van der Waals surface area (Å²) in [4.78, 5) is 48.1. The van der Waals surface area contributed by atoms with Gasteiger partial charge in [-0.2, -0.15) is 0 Å². The van der Waals surface area contributed by atoms with Gasteiger partial charge in [0.2, 0.25) is 5.91 Å². The number of anilines is 1. The number of aromatic nitrogens is 5. The predicted molar refractivity (Wildman–Crippen MR) is 81.0 cm³/mol. The van der Waals surface area contributed by atoms with E-state index in [-0.39, 0.29) is 23.5 Å². The second-order valence-electron chi connectivity index (χ2n) is 4.59. The first-order chi connectivity index (χ1) is 10.5. The summed E-state index contributed by atoms with van der Waals surface area (Å²) in [5.41, 5.74) is -0.567. The van der Waals surface area contributed by atoms with Crippen molar-refractivity contribution < 1.29 is 4.79 Å². The summed E-state index contributed by atoms with van der Waals surface area (Å²) in [6.45, 7) is 0. The van der Waals surface area contributed by atoms with Crippen molar-refractivity contribution in [2.75, 3.05) is 5.32 Å². The summed E-state index contributed by atoms with van der Waals surface area (Å²) < 4.78 is 1.24. The van der Waals surface area contributed by atoms with E-state index >= 15 is 0 Å². The van der Waals surface area contributed by atoms with Gasteiger partial charge in [0.25, 0.3) is 5.56 Å². The molecule has 114 valence electrons. The number of amides is 1. The minimum absolute atomic E-state index is 0.186. The summed E-state index contributed by atoms with van der Waals surface area (Å²) >= 11 is 1.33. The third kappa shape index (κ3) is 2.68. The van der Waals surface area contributed by atoms with Gasteiger partial charge in [-0.25, -0.2) is 14.8 Å². The van der Waals surface area contributed by atoms with Crippen molar-refractivity contribution in [2.45, 2.75) is 12.8 Å². The number of carbonyl (C=O) groups is 1. The van der Waals surface area contributed by atoms with Gasteiger partial charge < -0.3 is 10.3 Å². The smallest absolute Gasteiger partial charge is 0.329 e. The Bertz CT molecular complexity index is 936. The first kappa shape index (κ1) is 14.2. The molecule has 0 saturated carbocycles. The molecule has 0 atom stereocenters. The van der Waals surface area contributed by atoms with Crippen LogP contribution >= 0.6 is 11.3 Å². The third-order valence-corrected chi connectivity index (χ3v) is 3.76. The second kappa shape index (κ2) is 5.56. The molecule has 3 aromatic rings. The van der Waals surface area contributed by atoms with Crippen molar-refractivity contribution in [3.63, 3.8) is 0 Å². The second-order valence-corrected chi connectivity index (χ2v) is 5.48. The molecule has 3 rings (SSSR count). The van der Waals surface area contributed by atoms with Gasteiger partial charge in [-0.15, -0.1) is 11.3 Å². The van der Waals surface area contributed by atoms with Gasteiger partial charge in [-0.1, -0.05) is 0 Å². The maximum Gasteiger partial charge on any atom is 0.329 e. The average molecular weight is 320 g/mol. The van der Waals surface area contributed by atoms with Crippen molar-refractivity contribution in [1.82, 2.24) is 24.5 Å². The Hall–Kier alpha value is -2.75. The van der Waals surface area contributed by atoms with Gasteiger partial charge >= 0.3 is 5.69 Å². The van der Waals surface area contributed by atoms with E-state index in [2.05, 4.69) is 25.3 Å². The van der Waals surface area contributed by atoms with Crippen molar-refractivity contribution in [3.05, 3.63) is 38.2 Å². The van der Waals surface area contributed by atoms with Crippen molar-refractivity contribution >= 4 is 33.5 Å². The minimum atomic E-state index is -0.530. The average Bonchev–Trinajstić information content (AvgIpc) is 3.12. The molecule has 3 heterocycles. The van der Waals surface area contributed by atoms with Crippen LogP contribution in [0.3, 0.4) is 0 Å². The molecule has 1 amide bonds. The third-order valence-electron chi connectivity index (χ3n) is 3.07. The van der Waals surface area contributed by atoms with Gasteiger partial charge in [0.15, 0.2) is 10.8 Å². The van der Waals surface area contributed by atoms with Crippen LogP contribution in [0, 0.1) is 0 Å². The summed E-state index contributed by atoms with van der Waals surface area (Å²) in [5.74, 6) is 0.272. The molecule has 3 aromatic heterocycles. The number of nitrogens with one attached hydrogen (secondary N) is 3. The monoisotopic (exact) mass is 320 g/mol. The lowest BCUT2D eigenvalue weighted by Gasteiger charge is -1.99. The normalized spacial score (nSPS) is 11.0. The van der Waals surface area contributed by atoms with E-state index in [9.17, 15) is 14.4 Å². The number of H-pyrrole nitrogens is 2. The zero-order chi connectivity index (χ0) is 15.7. The van der Waals surface area contributed by atoms with Crippen LogP contribution in [0.15, 0.2) is 21.2 Å². The number of aryl methyl sites for hydroxylation is 2. The zero-order valence-electron chi connectivity index (χ0n) is 11.5. The molecule has 0 unspecified atom stereocenters. The van der Waals surface area contributed by atoms with Crippen LogP contribution in [-0.4, -0.2) is 30.4 Å². The molecular weight excluding hydrogens is 308 g/mol. The Morgan fingerprint density at radius 2 is 2.23 bits per heavy atom. The number of aromatic amines is 2. The SMILES string of the molecule is Cn1c(=O)[nH]c(=O)c2[nH]c(CCC(=O)Nc3nccs3)nc21. The fourth-order valence-corrected chi connectivity index (χ4v) is 2.51. The molecule has 0 aliphatic heterocycles. The number of thiazole rings is 1. The highest BCUT2D eigenvalue weighted by atomic mass is 32.1. The molecular formula is C12H12N6O3S. The molecule has 10 heteroatoms. The van der Waals surface area contributed by atoms with E-state index in [4.69, 9.17) is 0 Å². The van der Waals surface area contributed by atoms with Gasteiger partial charge in [0.1, 0.15) is 11.3 Å². The molecule has 0 fully saturated rings. The molecule has 22 heavy (non-hydrogen) atoms. The number of carbonyl (C=O) groups excluding carboxylic acids is 1. The highest BCUT2D eigenvalue weighted by Gasteiger charge is 2.12. The van der Waals surface area contributed by atoms with Gasteiger partial charge in [-0.3, -0.25) is 19.1 Å². The number of hydrogen-bond donors (Lipinski definition) is 3.